The average Bonchev–Trinajstić information content (AvgIpc) is 3.13. The van der Waals surface area contributed by atoms with Crippen molar-refractivity contribution in [3.05, 3.63) is 47.3 Å². The van der Waals surface area contributed by atoms with Crippen LogP contribution in [-0.4, -0.2) is 59.4 Å². The van der Waals surface area contributed by atoms with E-state index < -0.39 is 0 Å². The fraction of sp³-hybridized carbons (Fsp3) is 0.450. The molecule has 0 saturated carbocycles. The van der Waals surface area contributed by atoms with Crippen LogP contribution in [0.5, 0.6) is 5.75 Å². The summed E-state index contributed by atoms with van der Waals surface area (Å²) in [6.45, 7) is 6.27. The molecule has 8 heteroatoms. The van der Waals surface area contributed by atoms with Gasteiger partial charge in [-0.05, 0) is 32.0 Å². The van der Waals surface area contributed by atoms with E-state index in [0.29, 0.717) is 49.7 Å². The van der Waals surface area contributed by atoms with Gasteiger partial charge < -0.3 is 19.7 Å². The van der Waals surface area contributed by atoms with Crippen LogP contribution in [0.25, 0.3) is 0 Å². The predicted octanol–water partition coefficient (Wildman–Crippen LogP) is 1.70. The molecule has 0 radical (unpaired) electrons. The van der Waals surface area contributed by atoms with E-state index in [2.05, 4.69) is 10.4 Å². The molecule has 1 aliphatic rings. The Bertz CT molecular complexity index is 848. The number of aromatic nitrogens is 2. The number of nitrogens with zero attached hydrogens (tertiary/aromatic N) is 3. The molecule has 0 aliphatic carbocycles. The highest BCUT2D eigenvalue weighted by Gasteiger charge is 2.28. The van der Waals surface area contributed by atoms with Crippen molar-refractivity contribution in [2.24, 2.45) is 0 Å². The summed E-state index contributed by atoms with van der Waals surface area (Å²) in [5.41, 5.74) is 1.88. The molecule has 1 atom stereocenters. The normalized spacial score (nSPS) is 16.1. The molecular weight excluding hydrogens is 360 g/mol. The van der Waals surface area contributed by atoms with Gasteiger partial charge >= 0.3 is 0 Å². The van der Waals surface area contributed by atoms with E-state index in [-0.39, 0.29) is 17.9 Å². The van der Waals surface area contributed by atoms with E-state index in [0.717, 1.165) is 5.56 Å². The predicted molar refractivity (Wildman–Crippen MR) is 103 cm³/mol. The number of fused-ring (bicyclic) bond motifs is 1. The number of benzene rings is 1. The summed E-state index contributed by atoms with van der Waals surface area (Å²) in [6, 6.07) is 5.19. The first-order chi connectivity index (χ1) is 13.5. The van der Waals surface area contributed by atoms with E-state index in [1.165, 1.54) is 0 Å². The van der Waals surface area contributed by atoms with Crippen LogP contribution >= 0.6 is 0 Å². The van der Waals surface area contributed by atoms with Crippen LogP contribution < -0.4 is 10.1 Å². The number of nitrogens with one attached hydrogen (secondary N) is 1. The van der Waals surface area contributed by atoms with E-state index in [1.54, 1.807) is 47.3 Å². The molecular formula is C20H26N4O4. The van der Waals surface area contributed by atoms with Crippen LogP contribution in [0, 0.1) is 0 Å². The first-order valence-corrected chi connectivity index (χ1v) is 9.39. The molecule has 1 aromatic carbocycles. The maximum atomic E-state index is 13.0. The molecule has 28 heavy (non-hydrogen) atoms. The Morgan fingerprint density at radius 3 is 2.89 bits per heavy atom. The molecule has 3 rings (SSSR count). The lowest BCUT2D eigenvalue weighted by Crippen LogP contribution is -2.39. The molecule has 2 aromatic rings. The minimum atomic E-state index is -0.181. The van der Waals surface area contributed by atoms with Crippen molar-refractivity contribution in [3.63, 3.8) is 0 Å². The first-order valence-electron chi connectivity index (χ1n) is 9.39. The van der Waals surface area contributed by atoms with Gasteiger partial charge in [0.25, 0.3) is 11.8 Å². The molecule has 0 spiro atoms. The lowest BCUT2D eigenvalue weighted by molar-refractivity contribution is 0.0645. The highest BCUT2D eigenvalue weighted by atomic mass is 16.5. The highest BCUT2D eigenvalue weighted by Crippen LogP contribution is 2.27. The summed E-state index contributed by atoms with van der Waals surface area (Å²) in [7, 11) is 1.59. The summed E-state index contributed by atoms with van der Waals surface area (Å²) >= 11 is 0. The number of ether oxygens (including phenoxy) is 2. The maximum Gasteiger partial charge on any atom is 0.257 e. The number of rotatable bonds is 6. The van der Waals surface area contributed by atoms with Crippen LogP contribution in [0.4, 0.5) is 0 Å². The largest absolute Gasteiger partial charge is 0.491 e. The Hall–Kier alpha value is -2.87. The van der Waals surface area contributed by atoms with Crippen LogP contribution in [0.15, 0.2) is 30.6 Å². The van der Waals surface area contributed by atoms with Crippen molar-refractivity contribution in [3.8, 4) is 5.75 Å². The van der Waals surface area contributed by atoms with Gasteiger partial charge in [0.1, 0.15) is 12.4 Å². The summed E-state index contributed by atoms with van der Waals surface area (Å²) < 4.78 is 12.5. The van der Waals surface area contributed by atoms with Crippen LogP contribution in [0.2, 0.25) is 0 Å². The minimum Gasteiger partial charge on any atom is -0.491 e. The van der Waals surface area contributed by atoms with Crippen LogP contribution in [0.3, 0.4) is 0 Å². The maximum absolute atomic E-state index is 13.0. The molecule has 150 valence electrons. The number of amides is 2. The van der Waals surface area contributed by atoms with Gasteiger partial charge in [-0.2, -0.15) is 5.10 Å². The second-order valence-corrected chi connectivity index (χ2v) is 6.75. The molecule has 1 unspecified atom stereocenters. The highest BCUT2D eigenvalue weighted by molar-refractivity contribution is 5.95. The number of hydrogen-bond donors (Lipinski definition) is 1. The number of aryl methyl sites for hydroxylation is 1. The standard InChI is InChI=1S/C20H26N4O4/c1-4-23-11-17(10-22-23)20(26)24-12-16-9-15(19(25)21-7-8-27-3)5-6-18(16)28-13-14(24)2/h5-6,9-11,14H,4,7-8,12-13H2,1-3H3,(H,21,25). The molecule has 1 aliphatic heterocycles. The fourth-order valence-electron chi connectivity index (χ4n) is 3.08. The molecule has 0 fully saturated rings. The van der Waals surface area contributed by atoms with Crippen molar-refractivity contribution in [1.82, 2.24) is 20.0 Å². The third-order valence-electron chi connectivity index (χ3n) is 4.73. The van der Waals surface area contributed by atoms with Crippen molar-refractivity contribution in [1.29, 1.82) is 0 Å². The quantitative estimate of drug-likeness (QED) is 0.764. The first kappa shape index (κ1) is 19.9. The summed E-state index contributed by atoms with van der Waals surface area (Å²) in [6.07, 6.45) is 3.34. The van der Waals surface area contributed by atoms with Crippen molar-refractivity contribution in [2.75, 3.05) is 26.9 Å². The van der Waals surface area contributed by atoms with Crippen LogP contribution in [0.1, 0.15) is 40.1 Å². The van der Waals surface area contributed by atoms with Gasteiger partial charge in [-0.25, -0.2) is 0 Å². The van der Waals surface area contributed by atoms with Gasteiger partial charge in [0.2, 0.25) is 0 Å². The second-order valence-electron chi connectivity index (χ2n) is 6.75. The Morgan fingerprint density at radius 1 is 1.36 bits per heavy atom. The number of hydrogen-bond acceptors (Lipinski definition) is 5. The number of carbonyl (C=O) groups is 2. The molecule has 2 heterocycles. The third-order valence-corrected chi connectivity index (χ3v) is 4.73. The Labute approximate surface area is 164 Å². The SMILES string of the molecule is CCn1cc(C(=O)N2Cc3cc(C(=O)NCCOC)ccc3OCC2C)cn1. The zero-order chi connectivity index (χ0) is 20.1. The van der Waals surface area contributed by atoms with Gasteiger partial charge in [0.05, 0.1) is 31.0 Å². The second kappa shape index (κ2) is 8.88. The van der Waals surface area contributed by atoms with Gasteiger partial charge in [0, 0.05) is 37.5 Å². The molecule has 2 amide bonds. The Morgan fingerprint density at radius 2 is 2.18 bits per heavy atom. The molecule has 8 nitrogen and oxygen atoms in total. The van der Waals surface area contributed by atoms with Crippen molar-refractivity contribution >= 4 is 11.8 Å². The molecule has 1 aromatic heterocycles. The molecule has 0 saturated heterocycles. The summed E-state index contributed by atoms with van der Waals surface area (Å²) in [4.78, 5) is 27.1. The van der Waals surface area contributed by atoms with Gasteiger partial charge in [-0.1, -0.05) is 0 Å². The number of methoxy groups -OCH3 is 1. The Kier molecular flexibility index (Phi) is 6.30. The smallest absolute Gasteiger partial charge is 0.257 e. The monoisotopic (exact) mass is 386 g/mol. The third kappa shape index (κ3) is 4.33. The van der Waals surface area contributed by atoms with E-state index >= 15 is 0 Å². The number of carbonyl (C=O) groups excluding carboxylic acids is 2. The zero-order valence-electron chi connectivity index (χ0n) is 16.5. The molecule has 1 N–H and O–H groups in total. The van der Waals surface area contributed by atoms with Gasteiger partial charge in [0.15, 0.2) is 0 Å². The van der Waals surface area contributed by atoms with E-state index in [4.69, 9.17) is 9.47 Å². The lowest BCUT2D eigenvalue weighted by Gasteiger charge is -2.25. The Balaban J connectivity index is 1.81. The minimum absolute atomic E-state index is 0.0985. The fourth-order valence-corrected chi connectivity index (χ4v) is 3.08. The van der Waals surface area contributed by atoms with Gasteiger partial charge in [-0.15, -0.1) is 0 Å². The van der Waals surface area contributed by atoms with E-state index in [1.807, 2.05) is 13.8 Å². The zero-order valence-corrected chi connectivity index (χ0v) is 16.5. The molecule has 0 bridgehead atoms. The summed E-state index contributed by atoms with van der Waals surface area (Å²) in [5, 5.41) is 6.99. The average molecular weight is 386 g/mol. The van der Waals surface area contributed by atoms with E-state index in [9.17, 15) is 9.59 Å². The topological polar surface area (TPSA) is 85.7 Å². The summed E-state index contributed by atoms with van der Waals surface area (Å²) in [5.74, 6) is 0.415. The van der Waals surface area contributed by atoms with Crippen molar-refractivity contribution in [2.45, 2.75) is 33.0 Å². The van der Waals surface area contributed by atoms with Gasteiger partial charge in [-0.3, -0.25) is 14.3 Å². The van der Waals surface area contributed by atoms with Crippen LogP contribution in [-0.2, 0) is 17.8 Å². The lowest BCUT2D eigenvalue weighted by atomic mass is 10.1. The van der Waals surface area contributed by atoms with Crippen molar-refractivity contribution < 1.29 is 19.1 Å².